The van der Waals surface area contributed by atoms with E-state index in [-0.39, 0.29) is 6.61 Å². The van der Waals surface area contributed by atoms with Gasteiger partial charge in [-0.2, -0.15) is 0 Å². The summed E-state index contributed by atoms with van der Waals surface area (Å²) in [5, 5.41) is 12.1. The zero-order valence-electron chi connectivity index (χ0n) is 16.9. The van der Waals surface area contributed by atoms with Crippen molar-refractivity contribution in [2.75, 3.05) is 18.0 Å². The molecule has 3 aromatic rings. The van der Waals surface area contributed by atoms with Gasteiger partial charge in [-0.05, 0) is 61.6 Å². The minimum atomic E-state index is -0.0759. The number of rotatable bonds is 4. The van der Waals surface area contributed by atoms with Crippen molar-refractivity contribution in [3.8, 4) is 0 Å². The second-order valence-electron chi connectivity index (χ2n) is 8.57. The number of nitrogens with one attached hydrogen (secondary N) is 1. The molecule has 5 rings (SSSR count). The van der Waals surface area contributed by atoms with Gasteiger partial charge in [0, 0.05) is 29.7 Å². The first-order valence-corrected chi connectivity index (χ1v) is 11.5. The zero-order chi connectivity index (χ0) is 19.8. The van der Waals surface area contributed by atoms with E-state index in [0.717, 1.165) is 40.0 Å². The van der Waals surface area contributed by atoms with Crippen LogP contribution in [0.5, 0.6) is 0 Å². The number of aliphatic hydroxyl groups is 1. The number of fused-ring (bicyclic) bond motifs is 1. The summed E-state index contributed by atoms with van der Waals surface area (Å²) in [6.45, 7) is 4.00. The molecule has 0 atom stereocenters. The van der Waals surface area contributed by atoms with E-state index in [9.17, 15) is 5.11 Å². The molecule has 0 radical (unpaired) electrons. The first-order chi connectivity index (χ1) is 14.2. The van der Waals surface area contributed by atoms with Gasteiger partial charge < -0.3 is 15.0 Å². The van der Waals surface area contributed by atoms with Crippen LogP contribution in [0.4, 0.5) is 5.82 Å². The Hall–Kier alpha value is -2.05. The number of nitrogens with zero attached hydrogens (tertiary/aromatic N) is 3. The average Bonchev–Trinajstić information content (AvgIpc) is 3.39. The van der Waals surface area contributed by atoms with E-state index in [2.05, 4.69) is 34.1 Å². The van der Waals surface area contributed by atoms with E-state index < -0.39 is 0 Å². The standard InChI is InChI=1S/C23H28N4OS/c1-16-22(29-18-5-4-17-6-11-24-19(17)14-18)26-20(15-28)21(25-16)27-12-9-23(10-13-27)7-2-3-8-23/h4-6,11,14,24,28H,2-3,7-10,12-13,15H2,1H3. The molecule has 2 aliphatic rings. The molecule has 3 heterocycles. The van der Waals surface area contributed by atoms with E-state index in [0.29, 0.717) is 11.1 Å². The Morgan fingerprint density at radius 3 is 2.66 bits per heavy atom. The summed E-state index contributed by atoms with van der Waals surface area (Å²) in [5.74, 6) is 0.877. The van der Waals surface area contributed by atoms with E-state index in [1.54, 1.807) is 11.8 Å². The second-order valence-corrected chi connectivity index (χ2v) is 9.63. The highest BCUT2D eigenvalue weighted by molar-refractivity contribution is 7.99. The highest BCUT2D eigenvalue weighted by Crippen LogP contribution is 2.46. The molecule has 1 aliphatic heterocycles. The van der Waals surface area contributed by atoms with Gasteiger partial charge in [-0.1, -0.05) is 30.7 Å². The smallest absolute Gasteiger partial charge is 0.153 e. The maximum atomic E-state index is 10.0. The van der Waals surface area contributed by atoms with Crippen molar-refractivity contribution in [3.63, 3.8) is 0 Å². The summed E-state index contributed by atoms with van der Waals surface area (Å²) >= 11 is 1.61. The van der Waals surface area contributed by atoms with E-state index >= 15 is 0 Å². The maximum absolute atomic E-state index is 10.0. The lowest BCUT2D eigenvalue weighted by molar-refractivity contribution is 0.224. The second kappa shape index (κ2) is 7.65. The summed E-state index contributed by atoms with van der Waals surface area (Å²) in [4.78, 5) is 16.4. The maximum Gasteiger partial charge on any atom is 0.153 e. The molecule has 1 spiro atoms. The molecule has 152 valence electrons. The lowest BCUT2D eigenvalue weighted by atomic mass is 9.77. The minimum absolute atomic E-state index is 0.0759. The molecular formula is C23H28N4OS. The van der Waals surface area contributed by atoms with Crippen LogP contribution in [0.15, 0.2) is 40.4 Å². The van der Waals surface area contributed by atoms with Gasteiger partial charge in [0.25, 0.3) is 0 Å². The summed E-state index contributed by atoms with van der Waals surface area (Å²) in [6, 6.07) is 8.44. The summed E-state index contributed by atoms with van der Waals surface area (Å²) in [5.41, 5.74) is 3.31. The number of anilines is 1. The van der Waals surface area contributed by atoms with Crippen molar-refractivity contribution < 1.29 is 5.11 Å². The van der Waals surface area contributed by atoms with Gasteiger partial charge >= 0.3 is 0 Å². The Balaban J connectivity index is 1.38. The lowest BCUT2D eigenvalue weighted by Crippen LogP contribution is -2.40. The SMILES string of the molecule is Cc1nc(N2CCC3(CCCC3)CC2)c(CO)nc1Sc1ccc2cc[nH]c2c1. The van der Waals surface area contributed by atoms with Crippen LogP contribution in [-0.4, -0.2) is 33.1 Å². The van der Waals surface area contributed by atoms with Crippen LogP contribution in [-0.2, 0) is 6.61 Å². The molecule has 2 aromatic heterocycles. The van der Waals surface area contributed by atoms with Crippen molar-refractivity contribution in [3.05, 3.63) is 41.9 Å². The van der Waals surface area contributed by atoms with Crippen LogP contribution in [0.3, 0.4) is 0 Å². The molecule has 5 nitrogen and oxygen atoms in total. The van der Waals surface area contributed by atoms with E-state index in [4.69, 9.17) is 9.97 Å². The Morgan fingerprint density at radius 2 is 1.90 bits per heavy atom. The van der Waals surface area contributed by atoms with Gasteiger partial charge in [0.1, 0.15) is 10.7 Å². The monoisotopic (exact) mass is 408 g/mol. The molecule has 29 heavy (non-hydrogen) atoms. The van der Waals surface area contributed by atoms with Crippen LogP contribution >= 0.6 is 11.8 Å². The number of H-pyrrole nitrogens is 1. The first kappa shape index (κ1) is 18.9. The third-order valence-electron chi connectivity index (χ3n) is 6.76. The van der Waals surface area contributed by atoms with Crippen molar-refractivity contribution in [2.45, 2.75) is 62.0 Å². The van der Waals surface area contributed by atoms with Crippen LogP contribution < -0.4 is 4.90 Å². The van der Waals surface area contributed by atoms with Crippen molar-refractivity contribution in [1.82, 2.24) is 15.0 Å². The predicted molar refractivity (Wildman–Crippen MR) is 117 cm³/mol. The quantitative estimate of drug-likeness (QED) is 0.631. The number of aryl methyl sites for hydroxylation is 1. The van der Waals surface area contributed by atoms with E-state index in [1.165, 1.54) is 43.9 Å². The van der Waals surface area contributed by atoms with Crippen LogP contribution in [0.2, 0.25) is 0 Å². The summed E-state index contributed by atoms with van der Waals surface area (Å²) in [7, 11) is 0. The summed E-state index contributed by atoms with van der Waals surface area (Å²) < 4.78 is 0. The Morgan fingerprint density at radius 1 is 1.10 bits per heavy atom. The molecule has 0 bridgehead atoms. The van der Waals surface area contributed by atoms with Crippen LogP contribution in [0.25, 0.3) is 10.9 Å². The molecule has 1 saturated heterocycles. The van der Waals surface area contributed by atoms with Crippen LogP contribution in [0.1, 0.15) is 49.9 Å². The fraction of sp³-hybridized carbons (Fsp3) is 0.478. The highest BCUT2D eigenvalue weighted by atomic mass is 32.2. The van der Waals surface area contributed by atoms with Crippen molar-refractivity contribution in [1.29, 1.82) is 0 Å². The van der Waals surface area contributed by atoms with Crippen LogP contribution in [0, 0.1) is 12.3 Å². The van der Waals surface area contributed by atoms with Gasteiger partial charge in [0.05, 0.1) is 12.3 Å². The van der Waals surface area contributed by atoms with Gasteiger partial charge in [-0.15, -0.1) is 0 Å². The third kappa shape index (κ3) is 3.64. The number of aliphatic hydroxyl groups excluding tert-OH is 1. The number of benzene rings is 1. The molecule has 2 fully saturated rings. The Kier molecular flexibility index (Phi) is 5.00. The fourth-order valence-corrected chi connectivity index (χ4v) is 5.89. The predicted octanol–water partition coefficient (Wildman–Crippen LogP) is 5.07. The van der Waals surface area contributed by atoms with Gasteiger partial charge in [-0.3, -0.25) is 0 Å². The minimum Gasteiger partial charge on any atom is -0.390 e. The third-order valence-corrected chi connectivity index (χ3v) is 7.83. The zero-order valence-corrected chi connectivity index (χ0v) is 17.8. The van der Waals surface area contributed by atoms with Gasteiger partial charge in [0.15, 0.2) is 5.82 Å². The molecule has 6 heteroatoms. The normalized spacial score (nSPS) is 18.8. The largest absolute Gasteiger partial charge is 0.390 e. The average molecular weight is 409 g/mol. The number of aromatic nitrogens is 3. The number of aromatic amines is 1. The number of hydrogen-bond acceptors (Lipinski definition) is 5. The topological polar surface area (TPSA) is 65.0 Å². The molecule has 1 saturated carbocycles. The number of hydrogen-bond donors (Lipinski definition) is 2. The molecule has 1 aromatic carbocycles. The summed E-state index contributed by atoms with van der Waals surface area (Å²) in [6.07, 6.45) is 9.99. The molecule has 2 N–H and O–H groups in total. The van der Waals surface area contributed by atoms with E-state index in [1.807, 2.05) is 13.1 Å². The fourth-order valence-electron chi connectivity index (χ4n) is 5.00. The lowest BCUT2D eigenvalue weighted by Gasteiger charge is -2.40. The number of piperidine rings is 1. The Bertz CT molecular complexity index is 1010. The molecule has 1 aliphatic carbocycles. The Labute approximate surface area is 175 Å². The van der Waals surface area contributed by atoms with Crippen molar-refractivity contribution >= 4 is 28.5 Å². The highest BCUT2D eigenvalue weighted by Gasteiger charge is 2.37. The molecule has 0 unspecified atom stereocenters. The first-order valence-electron chi connectivity index (χ1n) is 10.6. The van der Waals surface area contributed by atoms with Gasteiger partial charge in [0.2, 0.25) is 0 Å². The molecular weight excluding hydrogens is 380 g/mol. The van der Waals surface area contributed by atoms with Crippen molar-refractivity contribution in [2.24, 2.45) is 5.41 Å². The molecule has 0 amide bonds. The van der Waals surface area contributed by atoms with Gasteiger partial charge in [-0.25, -0.2) is 9.97 Å².